The molecule has 0 bridgehead atoms. The van der Waals surface area contributed by atoms with E-state index in [0.717, 1.165) is 6.07 Å². The number of nitrogens with zero attached hydrogens (tertiary/aromatic N) is 2. The SMILES string of the molecule is CN(C)C(=O)[C@@]12CN(Cc3cc(F)cc(F)c3)C[C@@H]1C[C@@]1(C)[C@@H]3C[C@H](F)C4=CC(=O)C=C[C@]4(C)[C@@]3(F)[C@@H](O)C[C@@]12C. The van der Waals surface area contributed by atoms with Crippen molar-refractivity contribution in [2.45, 2.75) is 64.5 Å². The fraction of sp³-hybridized carbons (Fsp3) is 0.625. The van der Waals surface area contributed by atoms with Gasteiger partial charge < -0.3 is 10.0 Å². The molecule has 3 saturated carbocycles. The molecule has 1 N–H and O–H groups in total. The highest BCUT2D eigenvalue weighted by Crippen LogP contribution is 2.79. The van der Waals surface area contributed by atoms with Crippen LogP contribution in [0.15, 0.2) is 42.0 Å². The lowest BCUT2D eigenvalue weighted by atomic mass is 9.38. The van der Waals surface area contributed by atoms with Crippen LogP contribution in [0.3, 0.4) is 0 Å². The number of hydrogen-bond acceptors (Lipinski definition) is 4. The standard InChI is InChI=1S/C32H38F4N2O3/c1-28-7-6-22(39)11-23(28)24(35)12-25-29(2)13-19-16-38(15-18-8-20(33)10-21(34)9-18)17-31(19,27(41)37(4)5)30(29,3)14-26(40)32(25,28)36/h6-11,19,24-26,40H,12-17H2,1-5H3/t19-,24-,25-,26-,28-,29-,30-,31+,32-/m0/s1. The Morgan fingerprint density at radius 2 is 1.78 bits per heavy atom. The first-order valence-corrected chi connectivity index (χ1v) is 14.4. The fourth-order valence-electron chi connectivity index (χ4n) is 10.2. The number of carbonyl (C=O) groups is 2. The summed E-state index contributed by atoms with van der Waals surface area (Å²) in [4.78, 5) is 30.0. The van der Waals surface area contributed by atoms with Crippen LogP contribution in [-0.4, -0.2) is 71.7 Å². The zero-order valence-electron chi connectivity index (χ0n) is 24.2. The van der Waals surface area contributed by atoms with Crippen molar-refractivity contribution in [2.24, 2.45) is 33.5 Å². The van der Waals surface area contributed by atoms with Crippen molar-refractivity contribution in [3.63, 3.8) is 0 Å². The van der Waals surface area contributed by atoms with Gasteiger partial charge in [-0.25, -0.2) is 17.6 Å². The lowest BCUT2D eigenvalue weighted by molar-refractivity contribution is -0.243. The van der Waals surface area contributed by atoms with Crippen LogP contribution in [0.4, 0.5) is 17.6 Å². The number of aliphatic hydroxyl groups is 1. The zero-order chi connectivity index (χ0) is 29.9. The molecule has 5 nitrogen and oxygen atoms in total. The number of fused-ring (bicyclic) bond motifs is 7. The molecule has 222 valence electrons. The van der Waals surface area contributed by atoms with Gasteiger partial charge in [-0.3, -0.25) is 14.5 Å². The van der Waals surface area contributed by atoms with Crippen molar-refractivity contribution in [1.29, 1.82) is 0 Å². The summed E-state index contributed by atoms with van der Waals surface area (Å²) in [6, 6.07) is 3.38. The Hall–Kier alpha value is -2.52. The largest absolute Gasteiger partial charge is 0.390 e. The Morgan fingerprint density at radius 1 is 1.12 bits per heavy atom. The normalized spacial score (nSPS) is 45.0. The Morgan fingerprint density at radius 3 is 2.41 bits per heavy atom. The predicted molar refractivity (Wildman–Crippen MR) is 145 cm³/mol. The van der Waals surface area contributed by atoms with Crippen LogP contribution in [0, 0.1) is 45.1 Å². The van der Waals surface area contributed by atoms with Gasteiger partial charge in [0.1, 0.15) is 17.8 Å². The number of carbonyl (C=O) groups excluding carboxylic acids is 2. The summed E-state index contributed by atoms with van der Waals surface area (Å²) in [6.07, 6.45) is 1.02. The number of rotatable bonds is 3. The molecule has 4 aliphatic carbocycles. The van der Waals surface area contributed by atoms with Gasteiger partial charge >= 0.3 is 0 Å². The van der Waals surface area contributed by atoms with E-state index >= 15 is 8.78 Å². The Labute approximate surface area is 238 Å². The number of amides is 1. The lowest BCUT2D eigenvalue weighted by Crippen LogP contribution is -2.72. The van der Waals surface area contributed by atoms with Gasteiger partial charge in [-0.1, -0.05) is 19.9 Å². The van der Waals surface area contributed by atoms with E-state index in [1.54, 1.807) is 21.0 Å². The molecular weight excluding hydrogens is 536 g/mol. The molecule has 5 aliphatic rings. The minimum absolute atomic E-state index is 0.0172. The summed E-state index contributed by atoms with van der Waals surface area (Å²) in [6.45, 7) is 6.43. The second kappa shape index (κ2) is 8.75. The van der Waals surface area contributed by atoms with E-state index in [-0.39, 0.29) is 43.3 Å². The molecule has 1 saturated heterocycles. The summed E-state index contributed by atoms with van der Waals surface area (Å²) < 4.78 is 61.7. The van der Waals surface area contributed by atoms with Gasteiger partial charge in [0.15, 0.2) is 11.5 Å². The number of benzene rings is 1. The summed E-state index contributed by atoms with van der Waals surface area (Å²) in [5, 5.41) is 11.8. The zero-order valence-corrected chi connectivity index (χ0v) is 24.2. The molecule has 0 unspecified atom stereocenters. The van der Waals surface area contributed by atoms with Crippen LogP contribution in [-0.2, 0) is 16.1 Å². The second-order valence-corrected chi connectivity index (χ2v) is 14.1. The van der Waals surface area contributed by atoms with Crippen molar-refractivity contribution >= 4 is 11.7 Å². The van der Waals surface area contributed by atoms with Crippen LogP contribution in [0.5, 0.6) is 0 Å². The molecule has 0 aromatic heterocycles. The van der Waals surface area contributed by atoms with Crippen molar-refractivity contribution in [1.82, 2.24) is 9.80 Å². The summed E-state index contributed by atoms with van der Waals surface area (Å²) in [5.74, 6) is -3.04. The van der Waals surface area contributed by atoms with Crippen LogP contribution < -0.4 is 0 Å². The van der Waals surface area contributed by atoms with Crippen molar-refractivity contribution in [2.75, 3.05) is 27.2 Å². The first kappa shape index (κ1) is 28.6. The van der Waals surface area contributed by atoms with Crippen LogP contribution in [0.1, 0.15) is 45.6 Å². The van der Waals surface area contributed by atoms with Gasteiger partial charge in [-0.05, 0) is 78.4 Å². The average Bonchev–Trinajstić information content (AvgIpc) is 3.31. The molecule has 1 aliphatic heterocycles. The quantitative estimate of drug-likeness (QED) is 0.528. The minimum atomic E-state index is -2.24. The number of halogens is 4. The molecule has 1 heterocycles. The molecule has 0 spiro atoms. The summed E-state index contributed by atoms with van der Waals surface area (Å²) in [5.41, 5.74) is -6.03. The van der Waals surface area contributed by atoms with Crippen LogP contribution in [0.25, 0.3) is 0 Å². The maximum atomic E-state index is 17.8. The first-order valence-electron chi connectivity index (χ1n) is 14.4. The molecule has 4 fully saturated rings. The van der Waals surface area contributed by atoms with Gasteiger partial charge in [-0.2, -0.15) is 0 Å². The minimum Gasteiger partial charge on any atom is -0.390 e. The molecule has 6 rings (SSSR count). The monoisotopic (exact) mass is 574 g/mol. The van der Waals surface area contributed by atoms with E-state index in [1.165, 1.54) is 35.3 Å². The molecular formula is C32H38F4N2O3. The fourth-order valence-corrected chi connectivity index (χ4v) is 10.2. The van der Waals surface area contributed by atoms with Crippen molar-refractivity contribution in [3.8, 4) is 0 Å². The maximum Gasteiger partial charge on any atom is 0.230 e. The van der Waals surface area contributed by atoms with Gasteiger partial charge in [0.25, 0.3) is 0 Å². The Kier molecular flexibility index (Phi) is 6.11. The third-order valence-corrected chi connectivity index (χ3v) is 12.1. The molecule has 1 aromatic carbocycles. The average molecular weight is 575 g/mol. The number of ketones is 1. The number of hydrogen-bond donors (Lipinski definition) is 1. The van der Waals surface area contributed by atoms with Crippen molar-refractivity contribution < 1.29 is 32.3 Å². The van der Waals surface area contributed by atoms with Crippen LogP contribution in [0.2, 0.25) is 0 Å². The Balaban J connectivity index is 1.45. The van der Waals surface area contributed by atoms with E-state index in [2.05, 4.69) is 0 Å². The molecule has 9 heteroatoms. The van der Waals surface area contributed by atoms with Gasteiger partial charge in [0.05, 0.1) is 11.5 Å². The van der Waals surface area contributed by atoms with E-state index < -0.39 is 62.9 Å². The highest BCUT2D eigenvalue weighted by Gasteiger charge is 2.82. The number of aliphatic hydroxyl groups excluding tert-OH is 1. The molecule has 0 radical (unpaired) electrons. The second-order valence-electron chi connectivity index (χ2n) is 14.1. The Bertz CT molecular complexity index is 1380. The van der Waals surface area contributed by atoms with Crippen molar-refractivity contribution in [3.05, 3.63) is 59.2 Å². The third kappa shape index (κ3) is 3.42. The smallest absolute Gasteiger partial charge is 0.230 e. The van der Waals surface area contributed by atoms with Gasteiger partial charge in [0.2, 0.25) is 5.91 Å². The third-order valence-electron chi connectivity index (χ3n) is 12.1. The first-order chi connectivity index (χ1) is 19.0. The number of allylic oxidation sites excluding steroid dienone is 4. The highest BCUT2D eigenvalue weighted by atomic mass is 19.2. The lowest BCUT2D eigenvalue weighted by Gasteiger charge is -2.67. The van der Waals surface area contributed by atoms with Gasteiger partial charge in [0, 0.05) is 51.1 Å². The van der Waals surface area contributed by atoms with Gasteiger partial charge in [-0.15, -0.1) is 0 Å². The summed E-state index contributed by atoms with van der Waals surface area (Å²) in [7, 11) is 3.35. The number of alkyl halides is 2. The maximum absolute atomic E-state index is 17.8. The van der Waals surface area contributed by atoms with E-state index in [0.29, 0.717) is 18.5 Å². The van der Waals surface area contributed by atoms with Crippen LogP contribution >= 0.6 is 0 Å². The van der Waals surface area contributed by atoms with E-state index in [1.807, 2.05) is 18.7 Å². The molecule has 1 amide bonds. The number of likely N-dealkylation sites (tertiary alicyclic amines) is 1. The topological polar surface area (TPSA) is 60.9 Å². The van der Waals surface area contributed by atoms with E-state index in [4.69, 9.17) is 0 Å². The predicted octanol–water partition coefficient (Wildman–Crippen LogP) is 4.79. The molecule has 41 heavy (non-hydrogen) atoms. The highest BCUT2D eigenvalue weighted by molar-refractivity contribution is 6.01. The summed E-state index contributed by atoms with van der Waals surface area (Å²) >= 11 is 0. The van der Waals surface area contributed by atoms with E-state index in [9.17, 15) is 23.5 Å². The molecule has 1 aromatic rings. The molecule has 9 atom stereocenters.